The predicted molar refractivity (Wildman–Crippen MR) is 100 cm³/mol. The number of likely N-dealkylation sites (tertiary alicyclic amines) is 1. The van der Waals surface area contributed by atoms with E-state index in [4.69, 9.17) is 4.74 Å². The van der Waals surface area contributed by atoms with E-state index in [2.05, 4.69) is 24.3 Å². The molecule has 26 heavy (non-hydrogen) atoms. The van der Waals surface area contributed by atoms with Gasteiger partial charge in [0.25, 0.3) is 0 Å². The molecule has 2 aliphatic heterocycles. The number of carbonyl (C=O) groups excluding carboxylic acids is 2. The molecule has 2 saturated heterocycles. The highest BCUT2D eigenvalue weighted by atomic mass is 16.6. The van der Waals surface area contributed by atoms with Crippen LogP contribution in [0.1, 0.15) is 25.3 Å². The highest BCUT2D eigenvalue weighted by Crippen LogP contribution is 2.22. The molecule has 0 atom stereocenters. The molecule has 0 N–H and O–H groups in total. The zero-order chi connectivity index (χ0) is 18.4. The lowest BCUT2D eigenvalue weighted by atomic mass is 9.90. The number of piperazine rings is 1. The molecule has 6 nitrogen and oxygen atoms in total. The zero-order valence-electron chi connectivity index (χ0n) is 15.6. The Labute approximate surface area is 155 Å². The Bertz CT molecular complexity index is 592. The number of hydrogen-bond donors (Lipinski definition) is 0. The Kier molecular flexibility index (Phi) is 6.36. The van der Waals surface area contributed by atoms with Gasteiger partial charge in [-0.25, -0.2) is 9.59 Å². The monoisotopic (exact) mass is 359 g/mol. The van der Waals surface area contributed by atoms with Gasteiger partial charge in [0.05, 0.1) is 6.61 Å². The van der Waals surface area contributed by atoms with Gasteiger partial charge in [0.1, 0.15) is 0 Å². The molecule has 0 saturated carbocycles. The summed E-state index contributed by atoms with van der Waals surface area (Å²) < 4.78 is 5.03. The summed E-state index contributed by atoms with van der Waals surface area (Å²) in [7, 11) is 0. The number of piperidine rings is 1. The van der Waals surface area contributed by atoms with Crippen LogP contribution >= 0.6 is 0 Å². The van der Waals surface area contributed by atoms with Gasteiger partial charge in [0.2, 0.25) is 0 Å². The van der Waals surface area contributed by atoms with Crippen LogP contribution in [0, 0.1) is 5.92 Å². The largest absolute Gasteiger partial charge is 0.450 e. The molecule has 0 spiro atoms. The summed E-state index contributed by atoms with van der Waals surface area (Å²) in [6, 6.07) is 10.7. The summed E-state index contributed by atoms with van der Waals surface area (Å²) >= 11 is 0. The highest BCUT2D eigenvalue weighted by Gasteiger charge is 2.30. The molecule has 6 heteroatoms. The molecule has 0 radical (unpaired) electrons. The molecule has 3 amide bonds. The average Bonchev–Trinajstić information content (AvgIpc) is 2.69. The minimum atomic E-state index is -0.277. The summed E-state index contributed by atoms with van der Waals surface area (Å²) in [4.78, 5) is 30.0. The first-order valence-electron chi connectivity index (χ1n) is 9.67. The van der Waals surface area contributed by atoms with E-state index in [9.17, 15) is 9.59 Å². The molecule has 2 aliphatic rings. The predicted octanol–water partition coefficient (Wildman–Crippen LogP) is 2.84. The maximum absolute atomic E-state index is 12.7. The lowest BCUT2D eigenvalue weighted by Gasteiger charge is -2.39. The molecular formula is C20H29N3O3. The topological polar surface area (TPSA) is 53.1 Å². The van der Waals surface area contributed by atoms with Crippen LogP contribution in [0.25, 0.3) is 0 Å². The van der Waals surface area contributed by atoms with Crippen molar-refractivity contribution in [3.05, 3.63) is 35.9 Å². The Morgan fingerprint density at radius 2 is 1.50 bits per heavy atom. The number of ether oxygens (including phenoxy) is 1. The van der Waals surface area contributed by atoms with Gasteiger partial charge in [-0.3, -0.25) is 0 Å². The summed E-state index contributed by atoms with van der Waals surface area (Å²) in [5, 5.41) is 0. The molecule has 1 aromatic rings. The van der Waals surface area contributed by atoms with Crippen LogP contribution in [0.5, 0.6) is 0 Å². The first kappa shape index (κ1) is 18.5. The summed E-state index contributed by atoms with van der Waals surface area (Å²) in [5.74, 6) is 0.655. The van der Waals surface area contributed by atoms with E-state index in [0.29, 0.717) is 38.7 Å². The number of urea groups is 1. The van der Waals surface area contributed by atoms with Crippen molar-refractivity contribution in [1.82, 2.24) is 14.7 Å². The quantitative estimate of drug-likeness (QED) is 0.834. The molecule has 2 fully saturated rings. The minimum Gasteiger partial charge on any atom is -0.450 e. The van der Waals surface area contributed by atoms with Crippen molar-refractivity contribution in [1.29, 1.82) is 0 Å². The van der Waals surface area contributed by atoms with Crippen molar-refractivity contribution < 1.29 is 14.3 Å². The second-order valence-corrected chi connectivity index (χ2v) is 7.08. The average molecular weight is 359 g/mol. The van der Waals surface area contributed by atoms with E-state index in [1.165, 1.54) is 5.56 Å². The normalized spacial score (nSPS) is 18.7. The molecule has 1 aromatic carbocycles. The van der Waals surface area contributed by atoms with Gasteiger partial charge in [-0.2, -0.15) is 0 Å². The first-order chi connectivity index (χ1) is 12.7. The van der Waals surface area contributed by atoms with Gasteiger partial charge in [0.15, 0.2) is 0 Å². The number of rotatable bonds is 3. The number of nitrogens with zero attached hydrogens (tertiary/aromatic N) is 3. The fraction of sp³-hybridized carbons (Fsp3) is 0.600. The van der Waals surface area contributed by atoms with Gasteiger partial charge in [0, 0.05) is 39.3 Å². The Morgan fingerprint density at radius 3 is 2.12 bits per heavy atom. The maximum Gasteiger partial charge on any atom is 0.409 e. The third-order valence-electron chi connectivity index (χ3n) is 5.33. The summed E-state index contributed by atoms with van der Waals surface area (Å²) in [5.41, 5.74) is 1.38. The standard InChI is InChI=1S/C20H29N3O3/c1-2-26-20(25)23-14-12-22(13-15-23)19(24)21-10-8-18(9-11-21)16-17-6-4-3-5-7-17/h3-7,18H,2,8-16H2,1H3. The van der Waals surface area contributed by atoms with Crippen molar-refractivity contribution >= 4 is 12.1 Å². The minimum absolute atomic E-state index is 0.117. The second kappa shape index (κ2) is 8.92. The smallest absolute Gasteiger partial charge is 0.409 e. The second-order valence-electron chi connectivity index (χ2n) is 7.08. The van der Waals surface area contributed by atoms with Crippen LogP contribution < -0.4 is 0 Å². The van der Waals surface area contributed by atoms with Crippen molar-refractivity contribution in [2.45, 2.75) is 26.2 Å². The highest BCUT2D eigenvalue weighted by molar-refractivity contribution is 5.75. The van der Waals surface area contributed by atoms with Crippen molar-refractivity contribution in [2.24, 2.45) is 5.92 Å². The van der Waals surface area contributed by atoms with Crippen molar-refractivity contribution in [2.75, 3.05) is 45.9 Å². The molecule has 0 unspecified atom stereocenters. The van der Waals surface area contributed by atoms with Crippen molar-refractivity contribution in [3.63, 3.8) is 0 Å². The van der Waals surface area contributed by atoms with Gasteiger partial charge < -0.3 is 19.4 Å². The third kappa shape index (κ3) is 4.68. The SMILES string of the molecule is CCOC(=O)N1CCN(C(=O)N2CCC(Cc3ccccc3)CC2)CC1. The van der Waals surface area contributed by atoms with E-state index < -0.39 is 0 Å². The van der Waals surface area contributed by atoms with Gasteiger partial charge in [-0.15, -0.1) is 0 Å². The van der Waals surface area contributed by atoms with Crippen LogP contribution in [-0.4, -0.2) is 72.7 Å². The molecule has 0 bridgehead atoms. The van der Waals surface area contributed by atoms with E-state index in [1.807, 2.05) is 15.9 Å². The molecule has 142 valence electrons. The molecule has 2 heterocycles. The van der Waals surface area contributed by atoms with E-state index in [-0.39, 0.29) is 12.1 Å². The van der Waals surface area contributed by atoms with E-state index in [0.717, 1.165) is 32.4 Å². The molecule has 0 aromatic heterocycles. The lowest BCUT2D eigenvalue weighted by Crippen LogP contribution is -2.55. The molecule has 3 rings (SSSR count). The fourth-order valence-corrected chi connectivity index (χ4v) is 3.77. The Hall–Kier alpha value is -2.24. The van der Waals surface area contributed by atoms with Crippen LogP contribution in [-0.2, 0) is 11.2 Å². The van der Waals surface area contributed by atoms with Crippen LogP contribution in [0.4, 0.5) is 9.59 Å². The van der Waals surface area contributed by atoms with Gasteiger partial charge in [-0.1, -0.05) is 30.3 Å². The summed E-state index contributed by atoms with van der Waals surface area (Å²) in [6.45, 7) is 6.12. The summed E-state index contributed by atoms with van der Waals surface area (Å²) in [6.07, 6.45) is 2.94. The molecule has 0 aliphatic carbocycles. The van der Waals surface area contributed by atoms with Gasteiger partial charge in [-0.05, 0) is 37.7 Å². The van der Waals surface area contributed by atoms with Crippen LogP contribution in [0.15, 0.2) is 30.3 Å². The number of benzene rings is 1. The number of carbonyl (C=O) groups is 2. The third-order valence-corrected chi connectivity index (χ3v) is 5.33. The lowest BCUT2D eigenvalue weighted by molar-refractivity contribution is 0.0752. The van der Waals surface area contributed by atoms with E-state index >= 15 is 0 Å². The number of hydrogen-bond acceptors (Lipinski definition) is 3. The van der Waals surface area contributed by atoms with E-state index in [1.54, 1.807) is 11.8 Å². The maximum atomic E-state index is 12.7. The first-order valence-corrected chi connectivity index (χ1v) is 9.67. The number of amides is 3. The van der Waals surface area contributed by atoms with Crippen LogP contribution in [0.2, 0.25) is 0 Å². The zero-order valence-corrected chi connectivity index (χ0v) is 15.6. The van der Waals surface area contributed by atoms with Crippen molar-refractivity contribution in [3.8, 4) is 0 Å². The van der Waals surface area contributed by atoms with Gasteiger partial charge >= 0.3 is 12.1 Å². The Balaban J connectivity index is 1.42. The molecular weight excluding hydrogens is 330 g/mol. The fourth-order valence-electron chi connectivity index (χ4n) is 3.77. The van der Waals surface area contributed by atoms with Crippen LogP contribution in [0.3, 0.4) is 0 Å². The Morgan fingerprint density at radius 1 is 0.923 bits per heavy atom.